The van der Waals surface area contributed by atoms with Crippen LogP contribution in [0.2, 0.25) is 0 Å². The molecule has 2 N–H and O–H groups in total. The standard InChI is InChI=1S/C17H21N3O/c1-12-3-6-17(19-11-12)20(2)14-4-5-15-13(10-18)7-8-21-16(15)9-14/h3-6,9,11,13H,7-8,10,18H2,1-2H3/t13-/m0/s1. The number of aromatic nitrogens is 1. The molecule has 4 nitrogen and oxygen atoms in total. The minimum absolute atomic E-state index is 0.408. The van der Waals surface area contributed by atoms with Crippen molar-refractivity contribution < 1.29 is 4.74 Å². The Bertz CT molecular complexity index is 624. The van der Waals surface area contributed by atoms with Crippen LogP contribution in [0.4, 0.5) is 11.5 Å². The Labute approximate surface area is 125 Å². The van der Waals surface area contributed by atoms with Crippen LogP contribution in [0.1, 0.15) is 23.5 Å². The predicted molar refractivity (Wildman–Crippen MR) is 85.4 cm³/mol. The Morgan fingerprint density at radius 2 is 2.19 bits per heavy atom. The van der Waals surface area contributed by atoms with Crippen LogP contribution in [0, 0.1) is 6.92 Å². The lowest BCUT2D eigenvalue weighted by Crippen LogP contribution is -2.21. The Kier molecular flexibility index (Phi) is 3.80. The summed E-state index contributed by atoms with van der Waals surface area (Å²) in [6.07, 6.45) is 2.88. The zero-order chi connectivity index (χ0) is 14.8. The number of pyridine rings is 1. The quantitative estimate of drug-likeness (QED) is 0.941. The van der Waals surface area contributed by atoms with E-state index in [2.05, 4.69) is 34.1 Å². The van der Waals surface area contributed by atoms with Crippen LogP contribution in [0.25, 0.3) is 0 Å². The van der Waals surface area contributed by atoms with Gasteiger partial charge in [-0.1, -0.05) is 12.1 Å². The number of benzene rings is 1. The van der Waals surface area contributed by atoms with Gasteiger partial charge in [0.1, 0.15) is 11.6 Å². The van der Waals surface area contributed by atoms with Gasteiger partial charge >= 0.3 is 0 Å². The molecule has 0 aliphatic carbocycles. The van der Waals surface area contributed by atoms with Crippen LogP contribution < -0.4 is 15.4 Å². The van der Waals surface area contributed by atoms with Crippen molar-refractivity contribution in [1.82, 2.24) is 4.98 Å². The lowest BCUT2D eigenvalue weighted by molar-refractivity contribution is 0.269. The molecule has 1 aromatic heterocycles. The average Bonchev–Trinajstić information content (AvgIpc) is 2.53. The van der Waals surface area contributed by atoms with Gasteiger partial charge in [-0.3, -0.25) is 0 Å². The summed E-state index contributed by atoms with van der Waals surface area (Å²) in [7, 11) is 2.02. The second kappa shape index (κ2) is 5.74. The largest absolute Gasteiger partial charge is 0.493 e. The van der Waals surface area contributed by atoms with Crippen molar-refractivity contribution >= 4 is 11.5 Å². The van der Waals surface area contributed by atoms with E-state index >= 15 is 0 Å². The molecular weight excluding hydrogens is 262 g/mol. The highest BCUT2D eigenvalue weighted by atomic mass is 16.5. The molecular formula is C17H21N3O. The minimum atomic E-state index is 0.408. The average molecular weight is 283 g/mol. The van der Waals surface area contributed by atoms with Crippen molar-refractivity contribution in [3.63, 3.8) is 0 Å². The molecule has 0 radical (unpaired) electrons. The van der Waals surface area contributed by atoms with Crippen molar-refractivity contribution in [1.29, 1.82) is 0 Å². The fourth-order valence-corrected chi connectivity index (χ4v) is 2.70. The normalized spacial score (nSPS) is 17.0. The first kappa shape index (κ1) is 13.9. The van der Waals surface area contributed by atoms with E-state index in [-0.39, 0.29) is 0 Å². The van der Waals surface area contributed by atoms with Crippen LogP contribution in [-0.2, 0) is 0 Å². The van der Waals surface area contributed by atoms with Crippen LogP contribution in [0.3, 0.4) is 0 Å². The summed E-state index contributed by atoms with van der Waals surface area (Å²) in [4.78, 5) is 6.53. The first-order chi connectivity index (χ1) is 10.2. The molecule has 0 fully saturated rings. The van der Waals surface area contributed by atoms with Gasteiger partial charge in [0.15, 0.2) is 0 Å². The van der Waals surface area contributed by atoms with Crippen molar-refractivity contribution in [2.24, 2.45) is 5.73 Å². The monoisotopic (exact) mass is 283 g/mol. The lowest BCUT2D eigenvalue weighted by atomic mass is 9.93. The van der Waals surface area contributed by atoms with Crippen LogP contribution in [0.5, 0.6) is 5.75 Å². The van der Waals surface area contributed by atoms with E-state index in [1.165, 1.54) is 5.56 Å². The van der Waals surface area contributed by atoms with Crippen molar-refractivity contribution in [2.45, 2.75) is 19.3 Å². The summed E-state index contributed by atoms with van der Waals surface area (Å²) in [6, 6.07) is 10.4. The number of anilines is 2. The van der Waals surface area contributed by atoms with Gasteiger partial charge in [-0.15, -0.1) is 0 Å². The van der Waals surface area contributed by atoms with E-state index in [1.807, 2.05) is 26.2 Å². The molecule has 1 atom stereocenters. The van der Waals surface area contributed by atoms with E-state index in [0.29, 0.717) is 12.5 Å². The number of hydrogen-bond acceptors (Lipinski definition) is 4. The molecule has 0 spiro atoms. The van der Waals surface area contributed by atoms with Crippen molar-refractivity contribution in [3.8, 4) is 5.75 Å². The molecule has 1 aliphatic heterocycles. The predicted octanol–water partition coefficient (Wildman–Crippen LogP) is 2.98. The third-order valence-corrected chi connectivity index (χ3v) is 4.07. The summed E-state index contributed by atoms with van der Waals surface area (Å²) in [5, 5.41) is 0. The van der Waals surface area contributed by atoms with E-state index in [1.54, 1.807) is 0 Å². The van der Waals surface area contributed by atoms with E-state index in [9.17, 15) is 0 Å². The van der Waals surface area contributed by atoms with E-state index in [0.717, 1.165) is 35.8 Å². The smallest absolute Gasteiger partial charge is 0.132 e. The highest BCUT2D eigenvalue weighted by Gasteiger charge is 2.21. The second-order valence-corrected chi connectivity index (χ2v) is 5.54. The molecule has 0 amide bonds. The first-order valence-corrected chi connectivity index (χ1v) is 7.32. The molecule has 0 bridgehead atoms. The summed E-state index contributed by atoms with van der Waals surface area (Å²) in [5.74, 6) is 2.28. The number of rotatable bonds is 3. The number of nitrogens with two attached hydrogens (primary N) is 1. The highest BCUT2D eigenvalue weighted by molar-refractivity contribution is 5.63. The summed E-state index contributed by atoms with van der Waals surface area (Å²) in [5.41, 5.74) is 9.30. The first-order valence-electron chi connectivity index (χ1n) is 7.32. The summed E-state index contributed by atoms with van der Waals surface area (Å²) in [6.45, 7) is 3.45. The molecule has 2 heterocycles. The van der Waals surface area contributed by atoms with Gasteiger partial charge in [0.05, 0.1) is 6.61 Å². The SMILES string of the molecule is Cc1ccc(N(C)c2ccc3c(c2)OCC[C@H]3CN)nc1. The van der Waals surface area contributed by atoms with Crippen molar-refractivity contribution in [3.05, 3.63) is 47.7 Å². The van der Waals surface area contributed by atoms with E-state index < -0.39 is 0 Å². The fourth-order valence-electron chi connectivity index (χ4n) is 2.70. The maximum atomic E-state index is 5.85. The van der Waals surface area contributed by atoms with Gasteiger partial charge in [0.2, 0.25) is 0 Å². The van der Waals surface area contributed by atoms with Crippen LogP contribution >= 0.6 is 0 Å². The molecule has 4 heteroatoms. The molecule has 3 rings (SSSR count). The maximum Gasteiger partial charge on any atom is 0.132 e. The summed E-state index contributed by atoms with van der Waals surface area (Å²) < 4.78 is 5.80. The highest BCUT2D eigenvalue weighted by Crippen LogP contribution is 2.36. The Balaban J connectivity index is 1.91. The molecule has 1 aliphatic rings. The van der Waals surface area contributed by atoms with Gasteiger partial charge in [-0.2, -0.15) is 0 Å². The van der Waals surface area contributed by atoms with Gasteiger partial charge in [0, 0.05) is 30.9 Å². The number of ether oxygens (including phenoxy) is 1. The van der Waals surface area contributed by atoms with Crippen LogP contribution in [-0.4, -0.2) is 25.2 Å². The number of fused-ring (bicyclic) bond motifs is 1. The Morgan fingerprint density at radius 1 is 1.33 bits per heavy atom. The molecule has 2 aromatic rings. The van der Waals surface area contributed by atoms with Gasteiger partial charge in [0.25, 0.3) is 0 Å². The molecule has 0 unspecified atom stereocenters. The Hall–Kier alpha value is -2.07. The summed E-state index contributed by atoms with van der Waals surface area (Å²) >= 11 is 0. The Morgan fingerprint density at radius 3 is 2.90 bits per heavy atom. The molecule has 1 aromatic carbocycles. The van der Waals surface area contributed by atoms with Crippen molar-refractivity contribution in [2.75, 3.05) is 25.1 Å². The molecule has 110 valence electrons. The maximum absolute atomic E-state index is 5.85. The third-order valence-electron chi connectivity index (χ3n) is 4.07. The van der Waals surface area contributed by atoms with Gasteiger partial charge < -0.3 is 15.4 Å². The zero-order valence-electron chi connectivity index (χ0n) is 12.5. The number of nitrogens with zero attached hydrogens (tertiary/aromatic N) is 2. The topological polar surface area (TPSA) is 51.4 Å². The number of hydrogen-bond donors (Lipinski definition) is 1. The molecule has 0 saturated heterocycles. The second-order valence-electron chi connectivity index (χ2n) is 5.54. The lowest BCUT2D eigenvalue weighted by Gasteiger charge is -2.27. The number of aryl methyl sites for hydroxylation is 1. The van der Waals surface area contributed by atoms with Crippen LogP contribution in [0.15, 0.2) is 36.5 Å². The minimum Gasteiger partial charge on any atom is -0.493 e. The molecule has 21 heavy (non-hydrogen) atoms. The van der Waals surface area contributed by atoms with E-state index in [4.69, 9.17) is 10.5 Å². The fraction of sp³-hybridized carbons (Fsp3) is 0.353. The van der Waals surface area contributed by atoms with Gasteiger partial charge in [-0.05, 0) is 43.1 Å². The van der Waals surface area contributed by atoms with Gasteiger partial charge in [-0.25, -0.2) is 4.98 Å². The zero-order valence-corrected chi connectivity index (χ0v) is 12.5. The third kappa shape index (κ3) is 2.72. The molecule has 0 saturated carbocycles.